The van der Waals surface area contributed by atoms with Gasteiger partial charge in [-0.2, -0.15) is 0 Å². The Morgan fingerprint density at radius 2 is 0.851 bits per heavy atom. The average Bonchev–Trinajstić information content (AvgIpc) is 3.09. The van der Waals surface area contributed by atoms with Crippen LogP contribution < -0.4 is 5.11 Å². The zero-order valence-corrected chi connectivity index (χ0v) is 29.8. The van der Waals surface area contributed by atoms with Crippen LogP contribution in [0.15, 0.2) is 112 Å². The fourth-order valence-corrected chi connectivity index (χ4v) is 7.74. The van der Waals surface area contributed by atoms with Crippen LogP contribution >= 0.6 is 0 Å². The second-order valence-corrected chi connectivity index (χ2v) is 14.5. The molecule has 3 nitrogen and oxygen atoms in total. The molecular formula is C43H56O3S. The lowest BCUT2D eigenvalue weighted by molar-refractivity contribution is -0.268. The van der Waals surface area contributed by atoms with Crippen LogP contribution in [0.5, 0.6) is 5.75 Å². The Labute approximate surface area is 287 Å². The minimum absolute atomic E-state index is 0.0657. The molecule has 4 rings (SSSR count). The summed E-state index contributed by atoms with van der Waals surface area (Å²) in [6, 6.07) is 34.2. The highest BCUT2D eigenvalue weighted by Gasteiger charge is 2.28. The van der Waals surface area contributed by atoms with Crippen molar-refractivity contribution in [2.24, 2.45) is 0 Å². The molecule has 0 radical (unpaired) electrons. The fraction of sp³-hybridized carbons (Fsp3) is 0.419. The zero-order chi connectivity index (χ0) is 33.7. The summed E-state index contributed by atoms with van der Waals surface area (Å²) in [4.78, 5) is 14.5. The number of hydrogen-bond donors (Lipinski definition) is 1. The van der Waals surface area contributed by atoms with Crippen LogP contribution in [0.1, 0.15) is 125 Å². The first-order valence-corrected chi connectivity index (χ1v) is 19.2. The lowest BCUT2D eigenvalue weighted by Crippen LogP contribution is -2.05. The van der Waals surface area contributed by atoms with Crippen molar-refractivity contribution in [2.75, 3.05) is 0 Å². The van der Waals surface area contributed by atoms with Crippen LogP contribution in [0.3, 0.4) is 0 Å². The Bertz CT molecular complexity index is 1280. The number of carboxylic acid groups (broad SMARTS) is 1. The van der Waals surface area contributed by atoms with E-state index in [1.165, 1.54) is 152 Å². The molecule has 0 atom stereocenters. The lowest BCUT2D eigenvalue weighted by atomic mass is 10.1. The van der Waals surface area contributed by atoms with Gasteiger partial charge in [-0.3, -0.25) is 0 Å². The maximum absolute atomic E-state index is 10.7. The highest BCUT2D eigenvalue weighted by molar-refractivity contribution is 7.97. The van der Waals surface area contributed by atoms with Gasteiger partial charge in [0.15, 0.2) is 14.7 Å². The van der Waals surface area contributed by atoms with Crippen LogP contribution in [0.25, 0.3) is 0 Å². The third-order valence-corrected chi connectivity index (χ3v) is 10.8. The summed E-state index contributed by atoms with van der Waals surface area (Å²) in [6.45, 7) is 6.86. The summed E-state index contributed by atoms with van der Waals surface area (Å²) in [5.41, 5.74) is 4.26. The lowest BCUT2D eigenvalue weighted by Gasteiger charge is -2.11. The maximum atomic E-state index is 10.7. The Balaban J connectivity index is 0.000000511. The van der Waals surface area contributed by atoms with Crippen LogP contribution in [0, 0.1) is 0 Å². The molecule has 4 heteroatoms. The average molecular weight is 653 g/mol. The molecule has 4 aromatic rings. The number of unbranched alkanes of at least 4 members (excludes halogenated alkanes) is 9. The molecule has 4 aromatic carbocycles. The Hall–Kier alpha value is -3.50. The maximum Gasteiger partial charge on any atom is 0.335 e. The van der Waals surface area contributed by atoms with Crippen LogP contribution in [0.2, 0.25) is 0 Å². The summed E-state index contributed by atoms with van der Waals surface area (Å²) in [6.07, 6.45) is 19.5. The van der Waals surface area contributed by atoms with E-state index in [1.54, 1.807) is 0 Å². The summed E-state index contributed by atoms with van der Waals surface area (Å²) >= 11 is 0. The zero-order valence-electron chi connectivity index (χ0n) is 29.0. The van der Waals surface area contributed by atoms with Gasteiger partial charge in [-0.1, -0.05) is 139 Å². The standard InChI is InChI=1S/C36H51S.C7H6O3/c1-4-7-10-13-16-31-19-25-34(26-20-31)37(35-27-21-32(22-28-35)17-14-11-8-5-2)36-29-23-33(24-30-36)18-15-12-9-6-3;8-6-4-2-1-3-5(6)7(9)10/h19-30H,4-18H2,1-3H3;1-4,8H,(H,9,10)/q+1;/p-1. The molecule has 0 amide bonds. The number of hydrogen-bond acceptors (Lipinski definition) is 2. The van der Waals surface area contributed by atoms with Gasteiger partial charge in [0.2, 0.25) is 0 Å². The van der Waals surface area contributed by atoms with Crippen molar-refractivity contribution < 1.29 is 15.0 Å². The smallest absolute Gasteiger partial charge is 0.335 e. The molecule has 0 aliphatic rings. The first-order valence-electron chi connectivity index (χ1n) is 18.0. The van der Waals surface area contributed by atoms with E-state index in [2.05, 4.69) is 93.6 Å². The summed E-state index contributed by atoms with van der Waals surface area (Å²) in [5.74, 6) is -1.62. The van der Waals surface area contributed by atoms with Crippen molar-refractivity contribution in [1.82, 2.24) is 0 Å². The minimum Gasteiger partial charge on any atom is -0.872 e. The van der Waals surface area contributed by atoms with E-state index in [9.17, 15) is 9.90 Å². The molecule has 0 spiro atoms. The Kier molecular flexibility index (Phi) is 17.9. The van der Waals surface area contributed by atoms with E-state index in [0.717, 1.165) is 0 Å². The molecule has 0 bridgehead atoms. The molecule has 0 saturated heterocycles. The quantitative estimate of drug-likeness (QED) is 0.0810. The third-order valence-electron chi connectivity index (χ3n) is 8.55. The first kappa shape index (κ1) is 38.0. The summed E-state index contributed by atoms with van der Waals surface area (Å²) < 4.78 is 0. The number of rotatable bonds is 19. The van der Waals surface area contributed by atoms with Crippen molar-refractivity contribution in [3.8, 4) is 5.75 Å². The molecule has 252 valence electrons. The number of benzene rings is 4. The van der Waals surface area contributed by atoms with Crippen molar-refractivity contribution in [3.05, 3.63) is 119 Å². The van der Waals surface area contributed by atoms with Gasteiger partial charge < -0.3 is 10.2 Å². The summed E-state index contributed by atoms with van der Waals surface area (Å²) in [7, 11) is -0.0657. The molecule has 0 aromatic heterocycles. The number of carboxylic acids is 1. The largest absolute Gasteiger partial charge is 0.872 e. The van der Waals surface area contributed by atoms with Crippen LogP contribution in [-0.2, 0) is 30.2 Å². The highest BCUT2D eigenvalue weighted by Crippen LogP contribution is 2.32. The van der Waals surface area contributed by atoms with Gasteiger partial charge in [0.25, 0.3) is 0 Å². The predicted molar refractivity (Wildman–Crippen MR) is 198 cm³/mol. The van der Waals surface area contributed by atoms with Crippen LogP contribution in [0.4, 0.5) is 0 Å². The molecule has 0 heterocycles. The van der Waals surface area contributed by atoms with Gasteiger partial charge in [-0.25, -0.2) is 4.79 Å². The molecule has 1 N–H and O–H groups in total. The van der Waals surface area contributed by atoms with Gasteiger partial charge in [-0.05, 0) is 97.7 Å². The molecular weight excluding hydrogens is 597 g/mol. The van der Waals surface area contributed by atoms with Gasteiger partial charge in [0.05, 0.1) is 16.5 Å². The van der Waals surface area contributed by atoms with Crippen molar-refractivity contribution in [1.29, 1.82) is 0 Å². The van der Waals surface area contributed by atoms with Gasteiger partial charge in [-0.15, -0.1) is 0 Å². The first-order chi connectivity index (χ1) is 23.0. The number of aryl methyl sites for hydroxylation is 3. The van der Waals surface area contributed by atoms with Gasteiger partial charge in [0.1, 0.15) is 0 Å². The molecule has 0 aliphatic heterocycles. The second-order valence-electron chi connectivity index (χ2n) is 12.5. The van der Waals surface area contributed by atoms with Gasteiger partial charge >= 0.3 is 5.97 Å². The Morgan fingerprint density at radius 1 is 0.511 bits per heavy atom. The molecule has 0 fully saturated rings. The van der Waals surface area contributed by atoms with E-state index < -0.39 is 11.7 Å². The van der Waals surface area contributed by atoms with E-state index in [1.807, 2.05) is 0 Å². The number of carbonyl (C=O) groups is 1. The topological polar surface area (TPSA) is 60.4 Å². The fourth-order valence-electron chi connectivity index (χ4n) is 5.70. The SMILES string of the molecule is CCCCCCc1ccc([S+](c2ccc(CCCCCC)cc2)c2ccc(CCCCCC)cc2)cc1.O=C(O)c1ccccc1[O-]. The highest BCUT2D eigenvalue weighted by atomic mass is 32.2. The van der Waals surface area contributed by atoms with E-state index in [0.29, 0.717) is 0 Å². The predicted octanol–water partition coefficient (Wildman–Crippen LogP) is 11.6. The van der Waals surface area contributed by atoms with Crippen molar-refractivity contribution in [3.63, 3.8) is 0 Å². The number of para-hydroxylation sites is 1. The van der Waals surface area contributed by atoms with E-state index in [-0.39, 0.29) is 16.5 Å². The van der Waals surface area contributed by atoms with Crippen LogP contribution in [-0.4, -0.2) is 11.1 Å². The molecule has 47 heavy (non-hydrogen) atoms. The van der Waals surface area contributed by atoms with Crippen molar-refractivity contribution >= 4 is 16.9 Å². The molecule has 0 aliphatic carbocycles. The van der Waals surface area contributed by atoms with Gasteiger partial charge in [0, 0.05) is 0 Å². The normalized spacial score (nSPS) is 10.9. The minimum atomic E-state index is -1.18. The van der Waals surface area contributed by atoms with E-state index >= 15 is 0 Å². The van der Waals surface area contributed by atoms with E-state index in [4.69, 9.17) is 5.11 Å². The Morgan fingerprint density at radius 3 is 1.13 bits per heavy atom. The monoisotopic (exact) mass is 652 g/mol. The third kappa shape index (κ3) is 13.6. The summed E-state index contributed by atoms with van der Waals surface area (Å²) in [5, 5.41) is 19.0. The second kappa shape index (κ2) is 22.1. The molecule has 0 saturated carbocycles. The number of aromatic carboxylic acids is 1. The van der Waals surface area contributed by atoms with Crippen molar-refractivity contribution in [2.45, 2.75) is 132 Å². The molecule has 0 unspecified atom stereocenters.